The number of halogens is 1. The highest BCUT2D eigenvalue weighted by atomic mass is 35.5. The van der Waals surface area contributed by atoms with Gasteiger partial charge in [-0.25, -0.2) is 16.8 Å². The van der Waals surface area contributed by atoms with Crippen molar-refractivity contribution in [3.63, 3.8) is 0 Å². The molecule has 0 fully saturated rings. The lowest BCUT2D eigenvalue weighted by atomic mass is 10.2. The van der Waals surface area contributed by atoms with E-state index >= 15 is 0 Å². The van der Waals surface area contributed by atoms with Gasteiger partial charge < -0.3 is 0 Å². The Labute approximate surface area is 172 Å². The number of hydrogen-bond acceptors (Lipinski definition) is 5. The quantitative estimate of drug-likeness (QED) is 0.632. The lowest BCUT2D eigenvalue weighted by Gasteiger charge is -2.19. The smallest absolute Gasteiger partial charge is 0.271 e. The van der Waals surface area contributed by atoms with E-state index in [4.69, 9.17) is 11.6 Å². The maximum Gasteiger partial charge on any atom is 0.271 e. The van der Waals surface area contributed by atoms with E-state index in [9.17, 15) is 16.8 Å². The first-order valence-corrected chi connectivity index (χ1v) is 12.4. The van der Waals surface area contributed by atoms with E-state index in [0.29, 0.717) is 23.0 Å². The zero-order valence-corrected chi connectivity index (χ0v) is 17.6. The Bertz CT molecular complexity index is 1240. The SMILES string of the molecule is O=S(=O)(Nc1ccc(S(=O)(=O)N2CCc3ccccc32)cc1)c1ccc(Cl)s1. The fourth-order valence-electron chi connectivity index (χ4n) is 3.03. The van der Waals surface area contributed by atoms with Gasteiger partial charge in [0, 0.05) is 12.2 Å². The maximum absolute atomic E-state index is 13.0. The third kappa shape index (κ3) is 3.50. The Balaban J connectivity index is 1.58. The van der Waals surface area contributed by atoms with Crippen molar-refractivity contribution in [3.8, 4) is 0 Å². The Kier molecular flexibility index (Phi) is 4.86. The van der Waals surface area contributed by atoms with Crippen molar-refractivity contribution in [2.24, 2.45) is 0 Å². The van der Waals surface area contributed by atoms with Crippen LogP contribution in [0.2, 0.25) is 4.34 Å². The average Bonchev–Trinajstić information content (AvgIpc) is 3.29. The number of sulfonamides is 2. The van der Waals surface area contributed by atoms with Crippen molar-refractivity contribution in [1.29, 1.82) is 0 Å². The first-order chi connectivity index (χ1) is 13.3. The van der Waals surface area contributed by atoms with Crippen LogP contribution in [0.3, 0.4) is 0 Å². The molecule has 3 aromatic rings. The molecule has 10 heteroatoms. The third-order valence-corrected chi connectivity index (χ3v) is 9.28. The molecule has 0 bridgehead atoms. The molecule has 4 rings (SSSR count). The molecule has 0 radical (unpaired) electrons. The van der Waals surface area contributed by atoms with Crippen LogP contribution in [-0.4, -0.2) is 23.4 Å². The minimum Gasteiger partial charge on any atom is -0.279 e. The van der Waals surface area contributed by atoms with Gasteiger partial charge in [0.15, 0.2) is 0 Å². The average molecular weight is 455 g/mol. The van der Waals surface area contributed by atoms with Gasteiger partial charge in [-0.15, -0.1) is 11.3 Å². The van der Waals surface area contributed by atoms with E-state index in [-0.39, 0.29) is 14.8 Å². The predicted octanol–water partition coefficient (Wildman–Crippen LogP) is 3.95. The second kappa shape index (κ2) is 7.07. The normalized spacial score (nSPS) is 14.1. The number of benzene rings is 2. The van der Waals surface area contributed by atoms with E-state index in [1.54, 1.807) is 12.1 Å². The van der Waals surface area contributed by atoms with Gasteiger partial charge >= 0.3 is 0 Å². The number of thiophene rings is 1. The summed E-state index contributed by atoms with van der Waals surface area (Å²) in [6.45, 7) is 0.384. The summed E-state index contributed by atoms with van der Waals surface area (Å²) in [6, 6.07) is 16.0. The topological polar surface area (TPSA) is 83.5 Å². The molecule has 2 aromatic carbocycles. The number of rotatable bonds is 5. The summed E-state index contributed by atoms with van der Waals surface area (Å²) >= 11 is 6.74. The predicted molar refractivity (Wildman–Crippen MR) is 111 cm³/mol. The Morgan fingerprint density at radius 1 is 0.929 bits per heavy atom. The first-order valence-electron chi connectivity index (χ1n) is 8.26. The van der Waals surface area contributed by atoms with Crippen molar-refractivity contribution in [3.05, 3.63) is 70.6 Å². The number of fused-ring (bicyclic) bond motifs is 1. The molecule has 0 unspecified atom stereocenters. The molecular formula is C18H15ClN2O4S3. The van der Waals surface area contributed by atoms with Crippen LogP contribution in [0.4, 0.5) is 11.4 Å². The van der Waals surface area contributed by atoms with Crippen molar-refractivity contribution in [1.82, 2.24) is 0 Å². The monoisotopic (exact) mass is 454 g/mol. The van der Waals surface area contributed by atoms with Crippen LogP contribution in [0, 0.1) is 0 Å². The zero-order valence-electron chi connectivity index (χ0n) is 14.4. The van der Waals surface area contributed by atoms with Crippen LogP contribution < -0.4 is 9.03 Å². The van der Waals surface area contributed by atoms with Crippen molar-refractivity contribution < 1.29 is 16.8 Å². The van der Waals surface area contributed by atoms with E-state index in [1.807, 2.05) is 12.1 Å². The highest BCUT2D eigenvalue weighted by molar-refractivity contribution is 7.94. The first kappa shape index (κ1) is 19.3. The summed E-state index contributed by atoms with van der Waals surface area (Å²) < 4.78 is 55.0. The molecule has 2 heterocycles. The molecule has 0 spiro atoms. The largest absolute Gasteiger partial charge is 0.279 e. The molecule has 146 valence electrons. The molecule has 0 amide bonds. The van der Waals surface area contributed by atoms with Crippen molar-refractivity contribution >= 4 is 54.4 Å². The van der Waals surface area contributed by atoms with Gasteiger partial charge in [-0.1, -0.05) is 29.8 Å². The summed E-state index contributed by atoms with van der Waals surface area (Å²) in [4.78, 5) is 0.103. The van der Waals surface area contributed by atoms with E-state index < -0.39 is 20.0 Å². The highest BCUT2D eigenvalue weighted by Crippen LogP contribution is 2.33. The fourth-order valence-corrected chi connectivity index (χ4v) is 7.07. The van der Waals surface area contributed by atoms with Crippen molar-refractivity contribution in [2.75, 3.05) is 15.6 Å². The lowest BCUT2D eigenvalue weighted by Crippen LogP contribution is -2.29. The van der Waals surface area contributed by atoms with Gasteiger partial charge in [0.2, 0.25) is 0 Å². The molecule has 1 N–H and O–H groups in total. The standard InChI is InChI=1S/C18H15ClN2O4S3/c19-17-9-10-18(26-17)27(22,23)20-14-5-7-15(8-6-14)28(24,25)21-12-11-13-3-1-2-4-16(13)21/h1-10,20H,11-12H2. The van der Waals surface area contributed by atoms with Crippen LogP contribution in [-0.2, 0) is 26.5 Å². The van der Waals surface area contributed by atoms with E-state index in [2.05, 4.69) is 4.72 Å². The summed E-state index contributed by atoms with van der Waals surface area (Å²) in [6.07, 6.45) is 0.663. The lowest BCUT2D eigenvalue weighted by molar-refractivity contribution is 0.592. The summed E-state index contributed by atoms with van der Waals surface area (Å²) in [5, 5.41) is 0. The number of nitrogens with one attached hydrogen (secondary N) is 1. The Morgan fingerprint density at radius 2 is 1.64 bits per heavy atom. The molecule has 1 aliphatic rings. The van der Waals surface area contributed by atoms with Crippen LogP contribution in [0.25, 0.3) is 0 Å². The zero-order chi connectivity index (χ0) is 19.9. The minimum atomic E-state index is -3.77. The van der Waals surface area contributed by atoms with Gasteiger partial charge in [-0.05, 0) is 54.4 Å². The second-order valence-corrected chi connectivity index (χ2v) is 11.6. The molecule has 0 saturated heterocycles. The Morgan fingerprint density at radius 3 is 2.32 bits per heavy atom. The van der Waals surface area contributed by atoms with Crippen LogP contribution in [0.15, 0.2) is 69.8 Å². The number of para-hydroxylation sites is 1. The Hall–Kier alpha value is -2.07. The molecular weight excluding hydrogens is 440 g/mol. The molecule has 28 heavy (non-hydrogen) atoms. The summed E-state index contributed by atoms with van der Waals surface area (Å²) in [7, 11) is -7.49. The fraction of sp³-hybridized carbons (Fsp3) is 0.111. The van der Waals surface area contributed by atoms with Crippen molar-refractivity contribution in [2.45, 2.75) is 15.5 Å². The van der Waals surface area contributed by atoms with Crippen LogP contribution in [0.1, 0.15) is 5.56 Å². The molecule has 0 atom stereocenters. The van der Waals surface area contributed by atoms with Gasteiger partial charge in [-0.3, -0.25) is 9.03 Å². The van der Waals surface area contributed by atoms with Gasteiger partial charge in [0.1, 0.15) is 4.21 Å². The molecule has 6 nitrogen and oxygen atoms in total. The minimum absolute atomic E-state index is 0.0860. The highest BCUT2D eigenvalue weighted by Gasteiger charge is 2.30. The number of anilines is 2. The second-order valence-electron chi connectivity index (χ2n) is 6.14. The summed E-state index contributed by atoms with van der Waals surface area (Å²) in [5.41, 5.74) is 1.94. The number of nitrogens with zero attached hydrogens (tertiary/aromatic N) is 1. The third-order valence-electron chi connectivity index (χ3n) is 4.35. The number of hydrogen-bond donors (Lipinski definition) is 1. The van der Waals surface area contributed by atoms with E-state index in [1.165, 1.54) is 40.7 Å². The van der Waals surface area contributed by atoms with Gasteiger partial charge in [-0.2, -0.15) is 0 Å². The molecule has 1 aliphatic heterocycles. The van der Waals surface area contributed by atoms with Gasteiger partial charge in [0.05, 0.1) is 14.9 Å². The molecule has 0 saturated carbocycles. The summed E-state index contributed by atoms with van der Waals surface area (Å²) in [5.74, 6) is 0. The molecule has 1 aromatic heterocycles. The van der Waals surface area contributed by atoms with E-state index in [0.717, 1.165) is 16.9 Å². The molecule has 0 aliphatic carbocycles. The van der Waals surface area contributed by atoms with Crippen LogP contribution >= 0.6 is 22.9 Å². The van der Waals surface area contributed by atoms with Gasteiger partial charge in [0.25, 0.3) is 20.0 Å². The van der Waals surface area contributed by atoms with Crippen LogP contribution in [0.5, 0.6) is 0 Å². The maximum atomic E-state index is 13.0.